The van der Waals surface area contributed by atoms with Gasteiger partial charge in [0.25, 0.3) is 0 Å². The summed E-state index contributed by atoms with van der Waals surface area (Å²) in [6.45, 7) is 1.85. The number of fused-ring (bicyclic) bond motifs is 1. The number of ether oxygens (including phenoxy) is 1. The van der Waals surface area contributed by atoms with Crippen LogP contribution in [0, 0.1) is 6.92 Å². The number of aryl methyl sites for hydroxylation is 1. The van der Waals surface area contributed by atoms with Crippen molar-refractivity contribution < 1.29 is 17.9 Å². The zero-order valence-corrected chi connectivity index (χ0v) is 8.58. The summed E-state index contributed by atoms with van der Waals surface area (Å²) in [5.74, 6) is -0.127. The summed E-state index contributed by atoms with van der Waals surface area (Å²) in [5, 5.41) is 0.777. The number of alkyl halides is 3. The minimum atomic E-state index is -4.63. The molecule has 0 saturated heterocycles. The fraction of sp³-hybridized carbons (Fsp3) is 0.200. The molecule has 0 N–H and O–H groups in total. The zero-order valence-electron chi connectivity index (χ0n) is 7.76. The molecule has 1 nitrogen and oxygen atoms in total. The molecule has 0 aliphatic rings. The van der Waals surface area contributed by atoms with Crippen molar-refractivity contribution in [3.05, 3.63) is 29.1 Å². The summed E-state index contributed by atoms with van der Waals surface area (Å²) in [6, 6.07) is 6.48. The van der Waals surface area contributed by atoms with Gasteiger partial charge in [0.2, 0.25) is 0 Å². The first-order chi connectivity index (χ1) is 6.96. The molecule has 0 amide bonds. The molecule has 0 aliphatic carbocycles. The highest BCUT2D eigenvalue weighted by Crippen LogP contribution is 2.35. The Labute approximate surface area is 88.1 Å². The smallest absolute Gasteiger partial charge is 0.404 e. The van der Waals surface area contributed by atoms with E-state index in [4.69, 9.17) is 0 Å². The van der Waals surface area contributed by atoms with Crippen LogP contribution in [0.4, 0.5) is 13.2 Å². The lowest BCUT2D eigenvalue weighted by atomic mass is 10.2. The minimum Gasteiger partial charge on any atom is -0.404 e. The Morgan fingerprint density at radius 3 is 2.67 bits per heavy atom. The molecular formula is C10H7F3OS. The van der Waals surface area contributed by atoms with Gasteiger partial charge >= 0.3 is 6.36 Å². The molecule has 0 saturated carbocycles. The molecule has 5 heteroatoms. The van der Waals surface area contributed by atoms with Gasteiger partial charge in [-0.25, -0.2) is 0 Å². The second kappa shape index (κ2) is 3.41. The van der Waals surface area contributed by atoms with Gasteiger partial charge in [-0.1, -0.05) is 12.1 Å². The summed E-state index contributed by atoms with van der Waals surface area (Å²) in [6.07, 6.45) is -4.63. The lowest BCUT2D eigenvalue weighted by molar-refractivity contribution is -0.274. The van der Waals surface area contributed by atoms with Crippen LogP contribution < -0.4 is 4.74 Å². The third-order valence-electron chi connectivity index (χ3n) is 1.86. The number of hydrogen-bond acceptors (Lipinski definition) is 2. The van der Waals surface area contributed by atoms with Crippen molar-refractivity contribution in [2.75, 3.05) is 0 Å². The molecule has 1 heterocycles. The van der Waals surface area contributed by atoms with Crippen LogP contribution in [0.3, 0.4) is 0 Å². The molecule has 0 aliphatic heterocycles. The third-order valence-corrected chi connectivity index (χ3v) is 2.94. The van der Waals surface area contributed by atoms with Gasteiger partial charge in [-0.3, -0.25) is 0 Å². The van der Waals surface area contributed by atoms with Crippen molar-refractivity contribution in [1.82, 2.24) is 0 Å². The molecule has 1 aromatic carbocycles. The average Bonchev–Trinajstić information content (AvgIpc) is 2.43. The van der Waals surface area contributed by atoms with E-state index in [2.05, 4.69) is 4.74 Å². The van der Waals surface area contributed by atoms with E-state index in [9.17, 15) is 13.2 Å². The Morgan fingerprint density at radius 1 is 1.27 bits per heavy atom. The van der Waals surface area contributed by atoms with Crippen LogP contribution >= 0.6 is 11.3 Å². The van der Waals surface area contributed by atoms with Crippen LogP contribution in [0.1, 0.15) is 4.88 Å². The minimum absolute atomic E-state index is 0.127. The van der Waals surface area contributed by atoms with Crippen LogP contribution in [-0.4, -0.2) is 6.36 Å². The largest absolute Gasteiger partial charge is 0.573 e. The van der Waals surface area contributed by atoms with Crippen molar-refractivity contribution in [1.29, 1.82) is 0 Å². The predicted octanol–water partition coefficient (Wildman–Crippen LogP) is 4.11. The van der Waals surface area contributed by atoms with Crippen molar-refractivity contribution in [2.24, 2.45) is 0 Å². The van der Waals surface area contributed by atoms with Crippen LogP contribution in [0.2, 0.25) is 0 Å². The normalized spacial score (nSPS) is 12.0. The van der Waals surface area contributed by atoms with E-state index < -0.39 is 6.36 Å². The molecular weight excluding hydrogens is 225 g/mol. The van der Waals surface area contributed by atoms with Gasteiger partial charge in [-0.05, 0) is 24.4 Å². The highest BCUT2D eigenvalue weighted by molar-refractivity contribution is 7.19. The van der Waals surface area contributed by atoms with Crippen LogP contribution in [0.15, 0.2) is 24.3 Å². The van der Waals surface area contributed by atoms with Gasteiger partial charge < -0.3 is 4.74 Å². The Hall–Kier alpha value is -1.23. The maximum Gasteiger partial charge on any atom is 0.573 e. The number of rotatable bonds is 1. The topological polar surface area (TPSA) is 9.23 Å². The molecule has 15 heavy (non-hydrogen) atoms. The van der Waals surface area contributed by atoms with Crippen LogP contribution in [0.25, 0.3) is 10.1 Å². The van der Waals surface area contributed by atoms with E-state index in [1.54, 1.807) is 12.1 Å². The molecule has 0 atom stereocenters. The predicted molar refractivity (Wildman–Crippen MR) is 53.2 cm³/mol. The molecule has 80 valence electrons. The van der Waals surface area contributed by atoms with Crippen molar-refractivity contribution in [2.45, 2.75) is 13.3 Å². The number of thiophene rings is 1. The van der Waals surface area contributed by atoms with E-state index in [-0.39, 0.29) is 5.75 Å². The van der Waals surface area contributed by atoms with Gasteiger partial charge in [0.15, 0.2) is 0 Å². The van der Waals surface area contributed by atoms with E-state index in [0.717, 1.165) is 10.3 Å². The molecule has 0 bridgehead atoms. The van der Waals surface area contributed by atoms with E-state index in [1.165, 1.54) is 17.4 Å². The molecule has 0 radical (unpaired) electrons. The SMILES string of the molecule is Cc1cc2cccc(OC(F)(F)F)c2s1. The van der Waals surface area contributed by atoms with Crippen molar-refractivity contribution in [3.8, 4) is 5.75 Å². The quantitative estimate of drug-likeness (QED) is 0.719. The number of benzene rings is 1. The first-order valence-corrected chi connectivity index (χ1v) is 5.02. The summed E-state index contributed by atoms with van der Waals surface area (Å²) < 4.78 is 40.6. The Balaban J connectivity index is 2.51. The van der Waals surface area contributed by atoms with Gasteiger partial charge in [0.05, 0.1) is 4.70 Å². The first kappa shape index (κ1) is 10.3. The summed E-state index contributed by atoms with van der Waals surface area (Å²) in [4.78, 5) is 0.961. The highest BCUT2D eigenvalue weighted by atomic mass is 32.1. The Kier molecular flexibility index (Phi) is 2.34. The third kappa shape index (κ3) is 2.23. The average molecular weight is 232 g/mol. The maximum atomic E-state index is 12.1. The zero-order chi connectivity index (χ0) is 11.1. The number of halogens is 3. The lowest BCUT2D eigenvalue weighted by Crippen LogP contribution is -2.17. The highest BCUT2D eigenvalue weighted by Gasteiger charge is 2.31. The van der Waals surface area contributed by atoms with Crippen molar-refractivity contribution in [3.63, 3.8) is 0 Å². The van der Waals surface area contributed by atoms with Crippen LogP contribution in [0.5, 0.6) is 5.75 Å². The molecule has 0 spiro atoms. The van der Waals surface area contributed by atoms with Gasteiger partial charge in [-0.15, -0.1) is 24.5 Å². The molecule has 0 fully saturated rings. The Bertz CT molecular complexity index is 487. The van der Waals surface area contributed by atoms with Gasteiger partial charge in [-0.2, -0.15) is 0 Å². The molecule has 0 unspecified atom stereocenters. The fourth-order valence-corrected chi connectivity index (χ4v) is 2.33. The number of hydrogen-bond donors (Lipinski definition) is 0. The molecule has 2 aromatic rings. The fourth-order valence-electron chi connectivity index (χ4n) is 1.37. The van der Waals surface area contributed by atoms with Gasteiger partial charge in [0.1, 0.15) is 5.75 Å². The summed E-state index contributed by atoms with van der Waals surface area (Å²) >= 11 is 1.29. The first-order valence-electron chi connectivity index (χ1n) is 4.20. The van der Waals surface area contributed by atoms with Crippen LogP contribution in [-0.2, 0) is 0 Å². The monoisotopic (exact) mass is 232 g/mol. The molecule has 1 aromatic heterocycles. The van der Waals surface area contributed by atoms with E-state index in [0.29, 0.717) is 4.70 Å². The second-order valence-corrected chi connectivity index (χ2v) is 4.34. The van der Waals surface area contributed by atoms with E-state index in [1.807, 2.05) is 13.0 Å². The summed E-state index contributed by atoms with van der Waals surface area (Å²) in [5.41, 5.74) is 0. The molecule has 2 rings (SSSR count). The maximum absolute atomic E-state index is 12.1. The van der Waals surface area contributed by atoms with E-state index >= 15 is 0 Å². The Morgan fingerprint density at radius 2 is 2.00 bits per heavy atom. The van der Waals surface area contributed by atoms with Crippen molar-refractivity contribution >= 4 is 21.4 Å². The standard InChI is InChI=1S/C10H7F3OS/c1-6-5-7-3-2-4-8(9(7)15-6)14-10(11,12)13/h2-5H,1H3. The second-order valence-electron chi connectivity index (χ2n) is 3.08. The summed E-state index contributed by atoms with van der Waals surface area (Å²) in [7, 11) is 0. The lowest BCUT2D eigenvalue weighted by Gasteiger charge is -2.08. The van der Waals surface area contributed by atoms with Gasteiger partial charge in [0, 0.05) is 4.88 Å².